The van der Waals surface area contributed by atoms with E-state index in [1.54, 1.807) is 13.2 Å². The third-order valence-electron chi connectivity index (χ3n) is 4.65. The van der Waals surface area contributed by atoms with Crippen molar-refractivity contribution in [3.05, 3.63) is 53.7 Å². The number of pyridine rings is 1. The molecule has 1 aliphatic heterocycles. The van der Waals surface area contributed by atoms with Crippen molar-refractivity contribution >= 4 is 6.03 Å². The first-order valence-corrected chi connectivity index (χ1v) is 8.80. The largest absolute Gasteiger partial charge is 0.439 e. The number of carbonyl (C=O) groups excluding carboxylic acids is 1. The fourth-order valence-electron chi connectivity index (χ4n) is 3.20. The van der Waals surface area contributed by atoms with E-state index >= 15 is 0 Å². The highest BCUT2D eigenvalue weighted by Crippen LogP contribution is 2.25. The molecule has 1 saturated heterocycles. The molecule has 2 heterocycles. The normalized spacial score (nSPS) is 15.0. The van der Waals surface area contributed by atoms with Gasteiger partial charge in [0.15, 0.2) is 0 Å². The molecule has 1 aromatic heterocycles. The van der Waals surface area contributed by atoms with Crippen LogP contribution >= 0.6 is 0 Å². The van der Waals surface area contributed by atoms with Gasteiger partial charge >= 0.3 is 6.03 Å². The van der Waals surface area contributed by atoms with Crippen molar-refractivity contribution in [3.8, 4) is 11.6 Å². The number of piperidine rings is 1. The van der Waals surface area contributed by atoms with Crippen molar-refractivity contribution in [3.63, 3.8) is 0 Å². The van der Waals surface area contributed by atoms with Gasteiger partial charge in [-0.15, -0.1) is 0 Å². The predicted molar refractivity (Wildman–Crippen MR) is 97.9 cm³/mol. The molecule has 0 bridgehead atoms. The molecule has 5 heteroatoms. The van der Waals surface area contributed by atoms with Gasteiger partial charge in [0.1, 0.15) is 5.75 Å². The molecule has 0 unspecified atom stereocenters. The van der Waals surface area contributed by atoms with E-state index in [4.69, 9.17) is 4.74 Å². The van der Waals surface area contributed by atoms with Crippen LogP contribution in [0.2, 0.25) is 0 Å². The van der Waals surface area contributed by atoms with E-state index in [0.29, 0.717) is 11.8 Å². The minimum absolute atomic E-state index is 0.0273. The van der Waals surface area contributed by atoms with Crippen molar-refractivity contribution in [1.82, 2.24) is 15.2 Å². The van der Waals surface area contributed by atoms with Crippen LogP contribution in [-0.2, 0) is 6.42 Å². The molecule has 132 valence electrons. The van der Waals surface area contributed by atoms with Gasteiger partial charge in [0, 0.05) is 32.4 Å². The van der Waals surface area contributed by atoms with Gasteiger partial charge in [-0.1, -0.05) is 18.2 Å². The highest BCUT2D eigenvalue weighted by atomic mass is 16.5. The number of hydrogen-bond donors (Lipinski definition) is 1. The van der Waals surface area contributed by atoms with Crippen LogP contribution in [-0.4, -0.2) is 36.1 Å². The summed E-state index contributed by atoms with van der Waals surface area (Å²) in [5.41, 5.74) is 2.38. The van der Waals surface area contributed by atoms with Crippen molar-refractivity contribution in [2.24, 2.45) is 5.92 Å². The summed E-state index contributed by atoms with van der Waals surface area (Å²) >= 11 is 0. The van der Waals surface area contributed by atoms with Crippen LogP contribution in [0.15, 0.2) is 42.6 Å². The van der Waals surface area contributed by atoms with Gasteiger partial charge < -0.3 is 15.0 Å². The zero-order valence-corrected chi connectivity index (χ0v) is 14.9. The third-order valence-corrected chi connectivity index (χ3v) is 4.65. The van der Waals surface area contributed by atoms with Gasteiger partial charge in [-0.3, -0.25) is 0 Å². The molecule has 1 N–H and O–H groups in total. The van der Waals surface area contributed by atoms with Crippen LogP contribution in [0, 0.1) is 12.8 Å². The van der Waals surface area contributed by atoms with Gasteiger partial charge in [-0.25, -0.2) is 9.78 Å². The average molecular weight is 339 g/mol. The Balaban J connectivity index is 1.57. The number of nitrogens with one attached hydrogen (secondary N) is 1. The van der Waals surface area contributed by atoms with E-state index in [-0.39, 0.29) is 6.03 Å². The second kappa shape index (κ2) is 8.01. The lowest BCUT2D eigenvalue weighted by atomic mass is 9.90. The number of urea groups is 1. The molecule has 1 aliphatic rings. The molecule has 0 spiro atoms. The zero-order valence-electron chi connectivity index (χ0n) is 14.9. The summed E-state index contributed by atoms with van der Waals surface area (Å²) in [4.78, 5) is 17.8. The summed E-state index contributed by atoms with van der Waals surface area (Å²) in [6.07, 6.45) is 4.90. The first kappa shape index (κ1) is 17.3. The van der Waals surface area contributed by atoms with Crippen LogP contribution in [0.5, 0.6) is 11.6 Å². The van der Waals surface area contributed by atoms with Crippen LogP contribution in [0.4, 0.5) is 4.79 Å². The van der Waals surface area contributed by atoms with Gasteiger partial charge in [0.05, 0.1) is 0 Å². The molecule has 5 nitrogen and oxygen atoms in total. The van der Waals surface area contributed by atoms with Crippen molar-refractivity contribution in [2.45, 2.75) is 26.2 Å². The average Bonchev–Trinajstić information content (AvgIpc) is 2.64. The molecule has 1 aromatic carbocycles. The Hall–Kier alpha value is -2.56. The monoisotopic (exact) mass is 339 g/mol. The Kier molecular flexibility index (Phi) is 5.53. The summed E-state index contributed by atoms with van der Waals surface area (Å²) in [7, 11) is 1.68. The molecule has 0 aliphatic carbocycles. The molecule has 3 rings (SSSR count). The fourth-order valence-corrected chi connectivity index (χ4v) is 3.20. The summed E-state index contributed by atoms with van der Waals surface area (Å²) in [5, 5.41) is 2.70. The third kappa shape index (κ3) is 4.72. The summed E-state index contributed by atoms with van der Waals surface area (Å²) in [5.74, 6) is 2.03. The molecule has 0 saturated carbocycles. The molecular weight excluding hydrogens is 314 g/mol. The quantitative estimate of drug-likeness (QED) is 0.922. The van der Waals surface area contributed by atoms with Crippen LogP contribution in [0.25, 0.3) is 0 Å². The van der Waals surface area contributed by atoms with E-state index in [1.807, 2.05) is 36.1 Å². The van der Waals surface area contributed by atoms with E-state index in [0.717, 1.165) is 43.7 Å². The van der Waals surface area contributed by atoms with Crippen molar-refractivity contribution < 1.29 is 9.53 Å². The highest BCUT2D eigenvalue weighted by Gasteiger charge is 2.22. The molecule has 0 atom stereocenters. The van der Waals surface area contributed by atoms with Gasteiger partial charge in [-0.05, 0) is 55.4 Å². The molecule has 0 radical (unpaired) electrons. The maximum atomic E-state index is 11.7. The van der Waals surface area contributed by atoms with Crippen molar-refractivity contribution in [1.29, 1.82) is 0 Å². The summed E-state index contributed by atoms with van der Waals surface area (Å²) in [6.45, 7) is 3.66. The number of rotatable bonds is 4. The molecule has 25 heavy (non-hydrogen) atoms. The number of aryl methyl sites for hydroxylation is 1. The number of carbonyl (C=O) groups is 1. The summed E-state index contributed by atoms with van der Waals surface area (Å²) in [6, 6.07) is 12.1. The van der Waals surface area contributed by atoms with Crippen LogP contribution in [0.1, 0.15) is 24.0 Å². The SMILES string of the molecule is CNC(=O)N1CCC(Cc2cccc(Oc3ccc(C)cn3)c2)CC1. The maximum Gasteiger partial charge on any atom is 0.317 e. The number of nitrogens with zero attached hydrogens (tertiary/aromatic N) is 2. The van der Waals surface area contributed by atoms with Gasteiger partial charge in [0.25, 0.3) is 0 Å². The van der Waals surface area contributed by atoms with Gasteiger partial charge in [0.2, 0.25) is 5.88 Å². The molecule has 2 amide bonds. The first-order valence-electron chi connectivity index (χ1n) is 8.80. The Morgan fingerprint density at radius 1 is 1.28 bits per heavy atom. The van der Waals surface area contributed by atoms with E-state index in [2.05, 4.69) is 22.4 Å². The number of hydrogen-bond acceptors (Lipinski definition) is 3. The van der Waals surface area contributed by atoms with Crippen LogP contribution in [0.3, 0.4) is 0 Å². The Bertz CT molecular complexity index is 707. The molecule has 1 fully saturated rings. The molecule has 2 aromatic rings. The number of aromatic nitrogens is 1. The maximum absolute atomic E-state index is 11.7. The molecular formula is C20H25N3O2. The fraction of sp³-hybridized carbons (Fsp3) is 0.400. The smallest absolute Gasteiger partial charge is 0.317 e. The first-order chi connectivity index (χ1) is 12.1. The number of ether oxygens (including phenoxy) is 1. The number of amides is 2. The topological polar surface area (TPSA) is 54.5 Å². The van der Waals surface area contributed by atoms with E-state index < -0.39 is 0 Å². The van der Waals surface area contributed by atoms with Crippen LogP contribution < -0.4 is 10.1 Å². The minimum Gasteiger partial charge on any atom is -0.439 e. The summed E-state index contributed by atoms with van der Waals surface area (Å²) < 4.78 is 5.85. The standard InChI is InChI=1S/C20H25N3O2/c1-15-6-7-19(22-14-15)25-18-5-3-4-17(13-18)12-16-8-10-23(11-9-16)20(24)21-2/h3-7,13-14,16H,8-12H2,1-2H3,(H,21,24). The Labute approximate surface area is 149 Å². The zero-order chi connectivity index (χ0) is 17.6. The Morgan fingerprint density at radius 3 is 2.76 bits per heavy atom. The lowest BCUT2D eigenvalue weighted by molar-refractivity contribution is 0.172. The van der Waals surface area contributed by atoms with Gasteiger partial charge in [-0.2, -0.15) is 0 Å². The Morgan fingerprint density at radius 2 is 2.08 bits per heavy atom. The second-order valence-electron chi connectivity index (χ2n) is 6.61. The minimum atomic E-state index is 0.0273. The van der Waals surface area contributed by atoms with E-state index in [9.17, 15) is 4.79 Å². The number of benzene rings is 1. The van der Waals surface area contributed by atoms with E-state index in [1.165, 1.54) is 5.56 Å². The predicted octanol–water partition coefficient (Wildman–Crippen LogP) is 3.78. The second-order valence-corrected chi connectivity index (χ2v) is 6.61. The highest BCUT2D eigenvalue weighted by molar-refractivity contribution is 5.73. The number of likely N-dealkylation sites (tertiary alicyclic amines) is 1. The lowest BCUT2D eigenvalue weighted by Gasteiger charge is -2.31. The van der Waals surface area contributed by atoms with Crippen molar-refractivity contribution in [2.75, 3.05) is 20.1 Å². The lowest BCUT2D eigenvalue weighted by Crippen LogP contribution is -2.43.